The van der Waals surface area contributed by atoms with Crippen molar-refractivity contribution in [1.29, 1.82) is 0 Å². The van der Waals surface area contributed by atoms with Crippen LogP contribution in [0.15, 0.2) is 24.4 Å². The lowest BCUT2D eigenvalue weighted by molar-refractivity contribution is -0.139. The molecule has 8 nitrogen and oxygen atoms in total. The van der Waals surface area contributed by atoms with Gasteiger partial charge in [-0.25, -0.2) is 13.8 Å². The summed E-state index contributed by atoms with van der Waals surface area (Å²) in [6.07, 6.45) is 1.63. The first-order chi connectivity index (χ1) is 14.0. The summed E-state index contributed by atoms with van der Waals surface area (Å²) in [4.78, 5) is 29.5. The van der Waals surface area contributed by atoms with Gasteiger partial charge in [0.2, 0.25) is 0 Å². The molecule has 4 rings (SSSR count). The van der Waals surface area contributed by atoms with Crippen molar-refractivity contribution in [2.75, 3.05) is 48.3 Å². The zero-order chi connectivity index (χ0) is 20.5. The van der Waals surface area contributed by atoms with Crippen LogP contribution in [0.4, 0.5) is 26.0 Å². The molecule has 0 fully saturated rings. The van der Waals surface area contributed by atoms with Gasteiger partial charge in [-0.2, -0.15) is 0 Å². The lowest BCUT2D eigenvalue weighted by Crippen LogP contribution is -2.47. The number of carboxylic acid groups (broad SMARTS) is 1. The van der Waals surface area contributed by atoms with Crippen LogP contribution in [-0.2, 0) is 4.79 Å². The van der Waals surface area contributed by atoms with Crippen molar-refractivity contribution in [3.8, 4) is 5.75 Å². The van der Waals surface area contributed by atoms with Gasteiger partial charge >= 0.3 is 5.97 Å². The van der Waals surface area contributed by atoms with Crippen molar-refractivity contribution < 1.29 is 28.2 Å². The summed E-state index contributed by atoms with van der Waals surface area (Å²) >= 11 is 0. The number of ketones is 1. The number of pyridine rings is 1. The van der Waals surface area contributed by atoms with Gasteiger partial charge in [0.15, 0.2) is 23.2 Å². The van der Waals surface area contributed by atoms with E-state index in [2.05, 4.69) is 15.6 Å². The molecule has 0 bridgehead atoms. The van der Waals surface area contributed by atoms with E-state index in [1.807, 2.05) is 6.07 Å². The largest absolute Gasteiger partial charge is 0.487 e. The van der Waals surface area contributed by atoms with Gasteiger partial charge < -0.3 is 25.4 Å². The fraction of sp³-hybridized carbons (Fsp3) is 0.316. The molecule has 2 aromatic rings. The number of hydrogen-bond acceptors (Lipinski definition) is 7. The van der Waals surface area contributed by atoms with Crippen molar-refractivity contribution in [3.63, 3.8) is 0 Å². The van der Waals surface area contributed by atoms with Crippen LogP contribution in [0.2, 0.25) is 0 Å². The second-order valence-corrected chi connectivity index (χ2v) is 6.67. The Balaban J connectivity index is 1.62. The Labute approximate surface area is 164 Å². The molecule has 1 unspecified atom stereocenters. The average molecular weight is 404 g/mol. The number of ether oxygens (including phenoxy) is 1. The van der Waals surface area contributed by atoms with E-state index in [4.69, 9.17) is 4.74 Å². The molecule has 0 radical (unpaired) electrons. The first-order valence-electron chi connectivity index (χ1n) is 9.07. The van der Waals surface area contributed by atoms with Crippen LogP contribution in [-0.4, -0.2) is 54.6 Å². The normalized spacial score (nSPS) is 17.4. The number of rotatable bonds is 6. The molecule has 29 heavy (non-hydrogen) atoms. The number of carbonyl (C=O) groups is 2. The highest BCUT2D eigenvalue weighted by atomic mass is 19.2. The number of anilines is 3. The Bertz CT molecular complexity index is 971. The Morgan fingerprint density at radius 1 is 1.28 bits per heavy atom. The smallest absolute Gasteiger partial charge is 0.316 e. The Kier molecular flexibility index (Phi) is 4.91. The molecule has 2 aliphatic heterocycles. The maximum absolute atomic E-state index is 14.8. The minimum absolute atomic E-state index is 0.0279. The van der Waals surface area contributed by atoms with Gasteiger partial charge in [-0.3, -0.25) is 9.59 Å². The first kappa shape index (κ1) is 18.9. The number of aliphatic carboxylic acids is 1. The maximum Gasteiger partial charge on any atom is 0.316 e. The predicted octanol–water partition coefficient (Wildman–Crippen LogP) is 1.98. The Hall–Kier alpha value is -3.43. The highest BCUT2D eigenvalue weighted by Crippen LogP contribution is 2.47. The van der Waals surface area contributed by atoms with Gasteiger partial charge in [-0.1, -0.05) is 6.07 Å². The summed E-state index contributed by atoms with van der Waals surface area (Å²) < 4.78 is 35.1. The number of hydrogen-bond donors (Lipinski definition) is 3. The van der Waals surface area contributed by atoms with Crippen molar-refractivity contribution in [2.45, 2.75) is 0 Å². The number of carbonyl (C=O) groups excluding carboxylic acids is 1. The van der Waals surface area contributed by atoms with E-state index in [-0.39, 0.29) is 43.4 Å². The molecule has 1 aromatic heterocycles. The van der Waals surface area contributed by atoms with E-state index in [0.29, 0.717) is 12.4 Å². The predicted molar refractivity (Wildman–Crippen MR) is 101 cm³/mol. The molecule has 10 heteroatoms. The van der Waals surface area contributed by atoms with Crippen LogP contribution < -0.4 is 20.3 Å². The number of Topliss-reactive ketones (excluding diaryl/α,β-unsaturated/α-hetero) is 1. The summed E-state index contributed by atoms with van der Waals surface area (Å²) in [5.41, 5.74) is -0.638. The van der Waals surface area contributed by atoms with Gasteiger partial charge in [0.25, 0.3) is 0 Å². The second kappa shape index (κ2) is 7.53. The zero-order valence-electron chi connectivity index (χ0n) is 15.2. The molecule has 0 saturated carbocycles. The summed E-state index contributed by atoms with van der Waals surface area (Å²) in [5, 5.41) is 15.1. The van der Waals surface area contributed by atoms with Gasteiger partial charge in [0.05, 0.1) is 17.8 Å². The Morgan fingerprint density at radius 3 is 2.79 bits per heavy atom. The van der Waals surface area contributed by atoms with Crippen LogP contribution in [0.1, 0.15) is 10.4 Å². The monoisotopic (exact) mass is 404 g/mol. The fourth-order valence-electron chi connectivity index (χ4n) is 3.55. The number of benzene rings is 1. The van der Waals surface area contributed by atoms with Crippen LogP contribution in [0.25, 0.3) is 0 Å². The van der Waals surface area contributed by atoms with Crippen molar-refractivity contribution in [3.05, 3.63) is 41.6 Å². The summed E-state index contributed by atoms with van der Waals surface area (Å²) in [7, 11) is 0. The Morgan fingerprint density at radius 2 is 2.07 bits per heavy atom. The molecular formula is C19H18F2N4O4. The number of aromatic nitrogens is 1. The molecule has 0 saturated heterocycles. The lowest BCUT2D eigenvalue weighted by atomic mass is 9.89. The van der Waals surface area contributed by atoms with Gasteiger partial charge in [-0.05, 0) is 12.1 Å². The summed E-state index contributed by atoms with van der Waals surface area (Å²) in [6, 6.07) is 5.36. The fourth-order valence-corrected chi connectivity index (χ4v) is 3.55. The minimum atomic E-state index is -1.44. The molecule has 3 heterocycles. The number of halogens is 2. The number of carboxylic acids is 1. The molecule has 152 valence electrons. The van der Waals surface area contributed by atoms with Crippen molar-refractivity contribution in [2.24, 2.45) is 5.92 Å². The summed E-state index contributed by atoms with van der Waals surface area (Å²) in [6.45, 7) is 0.942. The first-order valence-corrected chi connectivity index (χ1v) is 9.07. The third-order valence-corrected chi connectivity index (χ3v) is 4.90. The number of nitrogens with one attached hydrogen (secondary N) is 2. The maximum atomic E-state index is 14.8. The highest BCUT2D eigenvalue weighted by Gasteiger charge is 2.44. The molecule has 0 spiro atoms. The molecule has 0 aliphatic carbocycles. The van der Waals surface area contributed by atoms with Gasteiger partial charge in [0.1, 0.15) is 24.0 Å². The van der Waals surface area contributed by atoms with Gasteiger partial charge in [-0.15, -0.1) is 0 Å². The topological polar surface area (TPSA) is 104 Å². The number of nitrogens with zero attached hydrogens (tertiary/aromatic N) is 2. The minimum Gasteiger partial charge on any atom is -0.487 e. The van der Waals surface area contributed by atoms with Crippen molar-refractivity contribution in [1.82, 2.24) is 4.98 Å². The highest BCUT2D eigenvalue weighted by molar-refractivity contribution is 6.15. The van der Waals surface area contributed by atoms with Crippen molar-refractivity contribution >= 4 is 28.9 Å². The summed E-state index contributed by atoms with van der Waals surface area (Å²) in [5.74, 6) is -5.72. The zero-order valence-corrected chi connectivity index (χ0v) is 15.2. The van der Waals surface area contributed by atoms with E-state index < -0.39 is 34.9 Å². The third kappa shape index (κ3) is 3.30. The molecule has 3 N–H and O–H groups in total. The standard InChI is InChI=1S/C19H18F2N4O4/c20-13-12-16-18(29-8-7-25(16)9-10(17(12)26)19(27)28)15(14(13)21)24-6-5-23-11-3-1-2-4-22-11/h1-4,10,24H,5-9H2,(H,22,23)(H,27,28). The molecule has 0 amide bonds. The molecular weight excluding hydrogens is 386 g/mol. The molecule has 1 atom stereocenters. The van der Waals surface area contributed by atoms with E-state index >= 15 is 0 Å². The van der Waals surface area contributed by atoms with E-state index in [9.17, 15) is 23.5 Å². The lowest BCUT2D eigenvalue weighted by Gasteiger charge is -2.38. The molecule has 2 aliphatic rings. The van der Waals surface area contributed by atoms with E-state index in [1.54, 1.807) is 23.2 Å². The average Bonchev–Trinajstić information content (AvgIpc) is 2.72. The van der Waals surface area contributed by atoms with Crippen LogP contribution >= 0.6 is 0 Å². The quantitative estimate of drug-likeness (QED) is 0.496. The van der Waals surface area contributed by atoms with E-state index in [1.165, 1.54) is 0 Å². The van der Waals surface area contributed by atoms with E-state index in [0.717, 1.165) is 0 Å². The third-order valence-electron chi connectivity index (χ3n) is 4.90. The van der Waals surface area contributed by atoms with Gasteiger partial charge in [0, 0.05) is 25.8 Å². The SMILES string of the molecule is O=C(O)C1CN2CCOc3c(NCCNc4ccccn4)c(F)c(F)c(c32)C1=O. The van der Waals surface area contributed by atoms with Crippen LogP contribution in [0.5, 0.6) is 5.75 Å². The van der Waals surface area contributed by atoms with Crippen LogP contribution in [0, 0.1) is 17.6 Å². The van der Waals surface area contributed by atoms with Crippen LogP contribution in [0.3, 0.4) is 0 Å². The second-order valence-electron chi connectivity index (χ2n) is 6.67. The molecule has 1 aromatic carbocycles.